The van der Waals surface area contributed by atoms with E-state index in [1.54, 1.807) is 5.56 Å². The molecule has 0 N–H and O–H groups in total. The van der Waals surface area contributed by atoms with Crippen LogP contribution in [0, 0.1) is 0 Å². The largest absolute Gasteiger partial charge is 0.337 e. The number of aromatic nitrogens is 3. The van der Waals surface area contributed by atoms with Gasteiger partial charge in [-0.1, -0.05) is 78.9 Å². The summed E-state index contributed by atoms with van der Waals surface area (Å²) in [6.45, 7) is 0. The summed E-state index contributed by atoms with van der Waals surface area (Å²) in [5.74, 6) is 0. The molecule has 3 heterocycles. The topological polar surface area (TPSA) is 14.8 Å². The maximum Gasteiger partial charge on any atom is 0.0597 e. The molecule has 1 unspecified atom stereocenters. The summed E-state index contributed by atoms with van der Waals surface area (Å²) in [6.07, 6.45) is 34.0. The van der Waals surface area contributed by atoms with E-state index in [0.717, 1.165) is 57.8 Å². The van der Waals surface area contributed by atoms with E-state index in [1.807, 2.05) is 0 Å². The maximum atomic E-state index is 2.74. The molecule has 2 aromatic carbocycles. The molecule has 0 aliphatic heterocycles. The van der Waals surface area contributed by atoms with Crippen LogP contribution in [0.4, 0.5) is 0 Å². The van der Waals surface area contributed by atoms with Crippen LogP contribution in [0.25, 0.3) is 57.5 Å². The normalized spacial score (nSPS) is 19.8. The lowest BCUT2D eigenvalue weighted by molar-refractivity contribution is 0.572. The molecule has 1 atom stereocenters. The molecule has 0 bridgehead atoms. The predicted octanol–water partition coefficient (Wildman–Crippen LogP) is 10.3. The van der Waals surface area contributed by atoms with E-state index in [-0.39, 0.29) is 6.04 Å². The van der Waals surface area contributed by atoms with Crippen LogP contribution in [-0.4, -0.2) is 13.7 Å². The van der Waals surface area contributed by atoms with E-state index < -0.39 is 0 Å². The lowest BCUT2D eigenvalue weighted by Gasteiger charge is -2.30. The number of nitrogens with zero attached hydrogens (tertiary/aromatic N) is 3. The maximum absolute atomic E-state index is 2.74. The molecule has 0 amide bonds. The van der Waals surface area contributed by atoms with Gasteiger partial charge in [0.25, 0.3) is 0 Å². The van der Waals surface area contributed by atoms with Gasteiger partial charge in [0.1, 0.15) is 0 Å². The molecule has 3 aromatic heterocycles. The quantitative estimate of drug-likeness (QED) is 0.201. The molecule has 10 rings (SSSR count). The second-order valence-electron chi connectivity index (χ2n) is 13.3. The van der Waals surface area contributed by atoms with Crippen molar-refractivity contribution >= 4 is 57.5 Å². The minimum absolute atomic E-state index is 0.235. The first-order valence-electron chi connectivity index (χ1n) is 16.9. The standard InChI is InChI=1S/C42H37N3/c1-7-19-37-31(13-1)32-14-2-8-20-38(32)43(37)28-25-29(44-39-21-9-3-15-33(39)34-16-4-10-22-40(34)44)27-30(26-28)45-41-23-11-5-17-35(41)36-18-6-12-24-42(36)45/h1-5,7,9,12-17,19,21,24-26,30H,6,8,10-11,18,20,22-23,27H2. The Bertz CT molecular complexity index is 2250. The number of rotatable bonds is 3. The van der Waals surface area contributed by atoms with Gasteiger partial charge in [-0.15, -0.1) is 0 Å². The summed E-state index contributed by atoms with van der Waals surface area (Å²) in [5, 5.41) is 2.73. The molecule has 220 valence electrons. The summed E-state index contributed by atoms with van der Waals surface area (Å²) < 4.78 is 7.99. The molecule has 0 spiro atoms. The van der Waals surface area contributed by atoms with Gasteiger partial charge in [-0.3, -0.25) is 0 Å². The molecule has 45 heavy (non-hydrogen) atoms. The SMILES string of the molecule is C1=Cc2c(c3c(n2C2C=C(n4c5c(c6ccccc64)C=CCC5)C=C(n4c5c(c6ccccc64)C=CCC5)C2)CCC=C3)CC1. The Labute approximate surface area is 264 Å². The van der Waals surface area contributed by atoms with Crippen molar-refractivity contribution in [3.63, 3.8) is 0 Å². The number of benzene rings is 2. The van der Waals surface area contributed by atoms with Gasteiger partial charge in [-0.2, -0.15) is 0 Å². The number of para-hydroxylation sites is 2. The molecule has 0 fully saturated rings. The number of fused-ring (bicyclic) bond motifs is 9. The summed E-state index contributed by atoms with van der Waals surface area (Å²) in [7, 11) is 0. The van der Waals surface area contributed by atoms with Crippen molar-refractivity contribution in [3.8, 4) is 0 Å². The highest BCUT2D eigenvalue weighted by Gasteiger charge is 2.31. The van der Waals surface area contributed by atoms with Gasteiger partial charge in [0, 0.05) is 62.5 Å². The van der Waals surface area contributed by atoms with Crippen LogP contribution in [-0.2, 0) is 25.7 Å². The van der Waals surface area contributed by atoms with E-state index in [2.05, 4.69) is 123 Å². The van der Waals surface area contributed by atoms with E-state index in [1.165, 1.54) is 72.7 Å². The van der Waals surface area contributed by atoms with Crippen LogP contribution in [0.2, 0.25) is 0 Å². The minimum Gasteiger partial charge on any atom is -0.337 e. The van der Waals surface area contributed by atoms with Crippen molar-refractivity contribution in [1.82, 2.24) is 13.7 Å². The van der Waals surface area contributed by atoms with Gasteiger partial charge in [-0.05, 0) is 92.9 Å². The second-order valence-corrected chi connectivity index (χ2v) is 13.3. The summed E-state index contributed by atoms with van der Waals surface area (Å²) >= 11 is 0. The average molecular weight is 584 g/mol. The monoisotopic (exact) mass is 583 g/mol. The van der Waals surface area contributed by atoms with Gasteiger partial charge < -0.3 is 13.7 Å². The first kappa shape index (κ1) is 25.6. The third-order valence-electron chi connectivity index (χ3n) is 10.8. The first-order valence-corrected chi connectivity index (χ1v) is 16.9. The van der Waals surface area contributed by atoms with Crippen LogP contribution in [0.1, 0.15) is 83.2 Å². The fourth-order valence-corrected chi connectivity index (χ4v) is 9.03. The van der Waals surface area contributed by atoms with Crippen molar-refractivity contribution in [3.05, 3.63) is 130 Å². The fourth-order valence-electron chi connectivity index (χ4n) is 9.03. The van der Waals surface area contributed by atoms with Crippen molar-refractivity contribution in [2.45, 2.75) is 63.8 Å². The van der Waals surface area contributed by atoms with Gasteiger partial charge in [0.05, 0.1) is 17.1 Å². The molecule has 5 aliphatic rings. The Morgan fingerprint density at radius 1 is 0.556 bits per heavy atom. The zero-order valence-corrected chi connectivity index (χ0v) is 25.7. The Kier molecular flexibility index (Phi) is 5.61. The lowest BCUT2D eigenvalue weighted by Crippen LogP contribution is -2.20. The number of allylic oxidation sites excluding steroid dienone is 8. The van der Waals surface area contributed by atoms with Crippen LogP contribution in [0.5, 0.6) is 0 Å². The zero-order chi connectivity index (χ0) is 29.5. The van der Waals surface area contributed by atoms with Gasteiger partial charge in [0.2, 0.25) is 0 Å². The van der Waals surface area contributed by atoms with E-state index in [0.29, 0.717) is 0 Å². The van der Waals surface area contributed by atoms with E-state index in [9.17, 15) is 0 Å². The van der Waals surface area contributed by atoms with Crippen molar-refractivity contribution < 1.29 is 0 Å². The smallest absolute Gasteiger partial charge is 0.0597 e. The summed E-state index contributed by atoms with van der Waals surface area (Å²) in [4.78, 5) is 0. The first-order chi connectivity index (χ1) is 22.3. The Hall–Kier alpha value is -4.76. The molecule has 3 heteroatoms. The second kappa shape index (κ2) is 9.87. The highest BCUT2D eigenvalue weighted by Crippen LogP contribution is 2.44. The van der Waals surface area contributed by atoms with E-state index >= 15 is 0 Å². The highest BCUT2D eigenvalue weighted by atomic mass is 15.1. The number of hydrogen-bond donors (Lipinski definition) is 0. The van der Waals surface area contributed by atoms with Crippen molar-refractivity contribution in [2.24, 2.45) is 0 Å². The van der Waals surface area contributed by atoms with Crippen molar-refractivity contribution in [2.75, 3.05) is 0 Å². The third kappa shape index (κ3) is 3.70. The molecular formula is C42H37N3. The Morgan fingerprint density at radius 2 is 1.13 bits per heavy atom. The molecule has 0 saturated heterocycles. The molecule has 5 aliphatic carbocycles. The minimum atomic E-state index is 0.235. The zero-order valence-electron chi connectivity index (χ0n) is 25.7. The molecular weight excluding hydrogens is 546 g/mol. The predicted molar refractivity (Wildman–Crippen MR) is 190 cm³/mol. The lowest BCUT2D eigenvalue weighted by atomic mass is 9.96. The molecule has 5 aromatic rings. The third-order valence-corrected chi connectivity index (χ3v) is 10.8. The van der Waals surface area contributed by atoms with Crippen LogP contribution < -0.4 is 0 Å². The Morgan fingerprint density at radius 3 is 1.87 bits per heavy atom. The fraction of sp³-hybridized carbons (Fsp3) is 0.238. The Balaban J connectivity index is 1.26. The van der Waals surface area contributed by atoms with Crippen LogP contribution >= 0.6 is 0 Å². The average Bonchev–Trinajstić information content (AvgIpc) is 3.74. The van der Waals surface area contributed by atoms with E-state index in [4.69, 9.17) is 0 Å². The van der Waals surface area contributed by atoms with Crippen molar-refractivity contribution in [1.29, 1.82) is 0 Å². The van der Waals surface area contributed by atoms with Gasteiger partial charge >= 0.3 is 0 Å². The van der Waals surface area contributed by atoms with Crippen LogP contribution in [0.3, 0.4) is 0 Å². The summed E-state index contributed by atoms with van der Waals surface area (Å²) in [6, 6.07) is 18.3. The summed E-state index contributed by atoms with van der Waals surface area (Å²) in [5.41, 5.74) is 17.1. The molecule has 3 nitrogen and oxygen atoms in total. The molecule has 0 saturated carbocycles. The van der Waals surface area contributed by atoms with Crippen LogP contribution in [0.15, 0.2) is 85.0 Å². The molecule has 0 radical (unpaired) electrons. The van der Waals surface area contributed by atoms with Gasteiger partial charge in [-0.25, -0.2) is 0 Å². The van der Waals surface area contributed by atoms with Gasteiger partial charge in [0.15, 0.2) is 0 Å². The number of hydrogen-bond acceptors (Lipinski definition) is 0. The highest BCUT2D eigenvalue weighted by molar-refractivity contribution is 5.98.